The Bertz CT molecular complexity index is 1990. The molecule has 83 heavy (non-hydrogen) atoms. The van der Waals surface area contributed by atoms with E-state index in [0.717, 1.165) is 161 Å². The van der Waals surface area contributed by atoms with Gasteiger partial charge in [0, 0.05) is 19.3 Å². The highest BCUT2D eigenvalue weighted by molar-refractivity contribution is 5.71. The van der Waals surface area contributed by atoms with Gasteiger partial charge in [-0.15, -0.1) is 0 Å². The topological polar surface area (TPSA) is 78.9 Å². The van der Waals surface area contributed by atoms with Crippen LogP contribution in [0.25, 0.3) is 0 Å². The molecule has 1 atom stereocenters. The van der Waals surface area contributed by atoms with Crippen LogP contribution in [0, 0.1) is 0 Å². The van der Waals surface area contributed by atoms with Gasteiger partial charge in [0.2, 0.25) is 0 Å². The van der Waals surface area contributed by atoms with Crippen molar-refractivity contribution in [2.75, 3.05) is 13.2 Å². The van der Waals surface area contributed by atoms with Gasteiger partial charge in [-0.25, -0.2) is 0 Å². The van der Waals surface area contributed by atoms with Crippen LogP contribution in [0.1, 0.15) is 252 Å². The van der Waals surface area contributed by atoms with Crippen molar-refractivity contribution in [3.8, 4) is 0 Å². The molecule has 0 saturated heterocycles. The van der Waals surface area contributed by atoms with Gasteiger partial charge < -0.3 is 14.2 Å². The molecule has 0 aromatic heterocycles. The van der Waals surface area contributed by atoms with Crippen LogP contribution in [0.5, 0.6) is 0 Å². The largest absolute Gasteiger partial charge is 0.462 e. The number of esters is 3. The van der Waals surface area contributed by atoms with Gasteiger partial charge in [-0.05, 0) is 161 Å². The molecule has 0 aliphatic carbocycles. The number of carbonyl (C=O) groups excluding carboxylic acids is 3. The van der Waals surface area contributed by atoms with Gasteiger partial charge in [0.15, 0.2) is 6.10 Å². The van der Waals surface area contributed by atoms with Gasteiger partial charge in [-0.2, -0.15) is 0 Å². The smallest absolute Gasteiger partial charge is 0.306 e. The highest BCUT2D eigenvalue weighted by Gasteiger charge is 2.19. The van der Waals surface area contributed by atoms with E-state index >= 15 is 0 Å². The monoisotopic (exact) mass is 1140 g/mol. The summed E-state index contributed by atoms with van der Waals surface area (Å²) in [6, 6.07) is 0. The molecule has 1 unspecified atom stereocenters. The molecular formula is C77H118O6. The molecule has 462 valence electrons. The zero-order valence-electron chi connectivity index (χ0n) is 52.9. The second-order valence-corrected chi connectivity index (χ2v) is 20.9. The highest BCUT2D eigenvalue weighted by Crippen LogP contribution is 2.13. The fraction of sp³-hybridized carbons (Fsp3) is 0.545. The summed E-state index contributed by atoms with van der Waals surface area (Å²) in [6.07, 6.45) is 104. The molecule has 0 heterocycles. The van der Waals surface area contributed by atoms with Gasteiger partial charge in [0.25, 0.3) is 0 Å². The van der Waals surface area contributed by atoms with Gasteiger partial charge >= 0.3 is 17.9 Å². The SMILES string of the molecule is CC/C=C\C/C=C\C/C=C\C/C=C\C/C=C\C/C=C\C/C=C\CCCC(=O)OCC(COC(=O)CCCCCCCC/C=C\C/C=C\C/C=C\CCCCC)OC(=O)CCCCCC/C=C\C/C=C\C/C=C\C/C=C\C/C=C\C/C=C\CC. The van der Waals surface area contributed by atoms with Crippen LogP contribution in [0.4, 0.5) is 0 Å². The highest BCUT2D eigenvalue weighted by atomic mass is 16.6. The third-order valence-corrected chi connectivity index (χ3v) is 13.1. The van der Waals surface area contributed by atoms with Crippen LogP contribution in [-0.2, 0) is 28.6 Å². The number of hydrogen-bond acceptors (Lipinski definition) is 6. The molecule has 0 N–H and O–H groups in total. The average molecular weight is 1140 g/mol. The molecule has 6 nitrogen and oxygen atoms in total. The van der Waals surface area contributed by atoms with Crippen LogP contribution in [0.2, 0.25) is 0 Å². The third kappa shape index (κ3) is 66.9. The molecule has 0 amide bonds. The molecule has 0 spiro atoms. The lowest BCUT2D eigenvalue weighted by Gasteiger charge is -2.18. The predicted octanol–water partition coefficient (Wildman–Crippen LogP) is 23.0. The molecule has 0 aromatic rings. The van der Waals surface area contributed by atoms with Crippen molar-refractivity contribution in [2.24, 2.45) is 0 Å². The number of unbranched alkanes of at least 4 members (excludes halogenated alkanes) is 14. The Balaban J connectivity index is 4.62. The number of ether oxygens (including phenoxy) is 3. The maximum Gasteiger partial charge on any atom is 0.306 e. The summed E-state index contributed by atoms with van der Waals surface area (Å²) >= 11 is 0. The first kappa shape index (κ1) is 77.2. The van der Waals surface area contributed by atoms with Crippen LogP contribution in [0.3, 0.4) is 0 Å². The average Bonchev–Trinajstić information content (AvgIpc) is 3.49. The number of rotatable bonds is 57. The summed E-state index contributed by atoms with van der Waals surface area (Å²) in [5.74, 6) is -1.03. The Morgan fingerprint density at radius 1 is 0.253 bits per heavy atom. The fourth-order valence-electron chi connectivity index (χ4n) is 8.21. The second-order valence-electron chi connectivity index (χ2n) is 20.9. The van der Waals surface area contributed by atoms with E-state index in [2.05, 4.69) is 215 Å². The van der Waals surface area contributed by atoms with E-state index in [9.17, 15) is 14.4 Å². The summed E-state index contributed by atoms with van der Waals surface area (Å²) in [5, 5.41) is 0. The molecule has 0 saturated carbocycles. The molecule has 0 radical (unpaired) electrons. The normalized spacial score (nSPS) is 13.4. The third-order valence-electron chi connectivity index (χ3n) is 13.1. The van der Waals surface area contributed by atoms with E-state index < -0.39 is 6.10 Å². The first-order valence-electron chi connectivity index (χ1n) is 32.9. The van der Waals surface area contributed by atoms with Crippen LogP contribution >= 0.6 is 0 Å². The summed E-state index contributed by atoms with van der Waals surface area (Å²) in [4.78, 5) is 38.4. The Kier molecular flexibility index (Phi) is 64.0. The van der Waals surface area contributed by atoms with E-state index in [1.165, 1.54) is 38.5 Å². The van der Waals surface area contributed by atoms with Crippen molar-refractivity contribution in [2.45, 2.75) is 258 Å². The maximum atomic E-state index is 12.9. The molecule has 0 fully saturated rings. The minimum absolute atomic E-state index is 0.124. The predicted molar refractivity (Wildman–Crippen MR) is 361 cm³/mol. The molecule has 0 aliphatic rings. The van der Waals surface area contributed by atoms with E-state index in [1.54, 1.807) is 0 Å². The van der Waals surface area contributed by atoms with E-state index in [0.29, 0.717) is 19.3 Å². The standard InChI is InChI=1S/C77H118O6/c1-4-7-10-13-16-19-22-25-28-31-34-36-38-40-43-46-49-52-55-58-61-64-67-70-76(79)82-73-74(72-81-75(78)69-66-63-60-57-54-51-48-45-42-33-30-27-24-21-18-15-12-9-6-3)83-77(80)71-68-65-62-59-56-53-50-47-44-41-39-37-35-32-29-26-23-20-17-14-11-8-5-2/h7-8,10-11,16-21,25-30,34-37,40-45,49-50,52-53,58,61,74H,4-6,9,12-15,22-24,31-33,38-39,46-48,51,54-57,59-60,62-73H2,1-3H3/b10-7-,11-8-,19-16-,20-17-,21-18-,28-25-,29-26-,30-27-,36-34-,37-35-,43-40-,44-41-,45-42-,52-49-,53-50-,61-58-. The lowest BCUT2D eigenvalue weighted by molar-refractivity contribution is -0.167. The van der Waals surface area contributed by atoms with Crippen molar-refractivity contribution < 1.29 is 28.6 Å². The minimum atomic E-state index is -0.836. The Morgan fingerprint density at radius 2 is 0.482 bits per heavy atom. The molecular weight excluding hydrogens is 1020 g/mol. The Labute approximate surface area is 509 Å². The lowest BCUT2D eigenvalue weighted by atomic mass is 10.1. The zero-order valence-corrected chi connectivity index (χ0v) is 52.9. The first-order valence-corrected chi connectivity index (χ1v) is 32.9. The second kappa shape index (κ2) is 68.7. The molecule has 0 rings (SSSR count). The van der Waals surface area contributed by atoms with Crippen LogP contribution in [-0.4, -0.2) is 37.2 Å². The molecule has 0 bridgehead atoms. The number of allylic oxidation sites excluding steroid dienone is 32. The number of hydrogen-bond donors (Lipinski definition) is 0. The molecule has 6 heteroatoms. The van der Waals surface area contributed by atoms with Crippen molar-refractivity contribution in [3.05, 3.63) is 194 Å². The van der Waals surface area contributed by atoms with Crippen molar-refractivity contribution in [1.29, 1.82) is 0 Å². The van der Waals surface area contributed by atoms with Crippen molar-refractivity contribution in [3.63, 3.8) is 0 Å². The zero-order chi connectivity index (χ0) is 59.9. The number of carbonyl (C=O) groups is 3. The van der Waals surface area contributed by atoms with Crippen LogP contribution in [0.15, 0.2) is 194 Å². The Morgan fingerprint density at radius 3 is 0.783 bits per heavy atom. The fourth-order valence-corrected chi connectivity index (χ4v) is 8.21. The summed E-state index contributed by atoms with van der Waals surface area (Å²) in [7, 11) is 0. The van der Waals surface area contributed by atoms with Gasteiger partial charge in [0.1, 0.15) is 13.2 Å². The molecule has 0 aromatic carbocycles. The van der Waals surface area contributed by atoms with Crippen molar-refractivity contribution in [1.82, 2.24) is 0 Å². The van der Waals surface area contributed by atoms with Crippen LogP contribution < -0.4 is 0 Å². The van der Waals surface area contributed by atoms with E-state index in [1.807, 2.05) is 0 Å². The lowest BCUT2D eigenvalue weighted by Crippen LogP contribution is -2.30. The summed E-state index contributed by atoms with van der Waals surface area (Å²) in [6.45, 7) is 6.29. The van der Waals surface area contributed by atoms with Gasteiger partial charge in [0.05, 0.1) is 0 Å². The quantitative estimate of drug-likeness (QED) is 0.0261. The van der Waals surface area contributed by atoms with Crippen molar-refractivity contribution >= 4 is 17.9 Å². The van der Waals surface area contributed by atoms with Gasteiger partial charge in [-0.1, -0.05) is 267 Å². The summed E-state index contributed by atoms with van der Waals surface area (Å²) < 4.78 is 16.9. The van der Waals surface area contributed by atoms with Gasteiger partial charge in [-0.3, -0.25) is 14.4 Å². The van der Waals surface area contributed by atoms with E-state index in [-0.39, 0.29) is 44.0 Å². The van der Waals surface area contributed by atoms with E-state index in [4.69, 9.17) is 14.2 Å². The maximum absolute atomic E-state index is 12.9. The first-order chi connectivity index (χ1) is 41.0. The Hall–Kier alpha value is -5.75. The minimum Gasteiger partial charge on any atom is -0.462 e. The summed E-state index contributed by atoms with van der Waals surface area (Å²) in [5.41, 5.74) is 0. The molecule has 0 aliphatic heterocycles.